The Hall–Kier alpha value is -2.81. The van der Waals surface area contributed by atoms with Crippen LogP contribution < -0.4 is 11.1 Å². The average Bonchev–Trinajstić information content (AvgIpc) is 3.05. The van der Waals surface area contributed by atoms with Crippen LogP contribution in [0.4, 0.5) is 14.5 Å². The summed E-state index contributed by atoms with van der Waals surface area (Å²) >= 11 is 0. The number of hydrogen-bond acceptors (Lipinski definition) is 4. The van der Waals surface area contributed by atoms with Crippen molar-refractivity contribution in [1.82, 2.24) is 14.7 Å². The third kappa shape index (κ3) is 4.53. The first-order chi connectivity index (χ1) is 13.3. The van der Waals surface area contributed by atoms with Crippen LogP contribution in [0.1, 0.15) is 40.9 Å². The number of alkyl halides is 2. The van der Waals surface area contributed by atoms with Gasteiger partial charge in [0.1, 0.15) is 5.69 Å². The van der Waals surface area contributed by atoms with Crippen LogP contribution in [-0.4, -0.2) is 39.6 Å². The summed E-state index contributed by atoms with van der Waals surface area (Å²) in [6.07, 6.45) is 0.103. The maximum absolute atomic E-state index is 13.1. The number of carbonyl (C=O) groups excluding carboxylic acids is 2. The Morgan fingerprint density at radius 3 is 2.68 bits per heavy atom. The summed E-state index contributed by atoms with van der Waals surface area (Å²) < 4.78 is 27.2. The number of amides is 2. The SMILES string of the molecule is Cn1ncc(C(=O)Nc2ccc(CN3CCCC(C(N)=O)C3)cc2)c1C(F)F. The minimum Gasteiger partial charge on any atom is -0.369 e. The van der Waals surface area contributed by atoms with Crippen LogP contribution in [-0.2, 0) is 18.4 Å². The Labute approximate surface area is 161 Å². The molecule has 1 fully saturated rings. The number of benzene rings is 1. The molecule has 150 valence electrons. The van der Waals surface area contributed by atoms with E-state index in [9.17, 15) is 18.4 Å². The van der Waals surface area contributed by atoms with Gasteiger partial charge in [0.25, 0.3) is 12.3 Å². The second-order valence-corrected chi connectivity index (χ2v) is 7.00. The third-order valence-electron chi connectivity index (χ3n) is 4.96. The highest BCUT2D eigenvalue weighted by Gasteiger charge is 2.24. The lowest BCUT2D eigenvalue weighted by Gasteiger charge is -2.31. The second-order valence-electron chi connectivity index (χ2n) is 7.00. The van der Waals surface area contributed by atoms with Gasteiger partial charge in [0.2, 0.25) is 5.91 Å². The first-order valence-electron chi connectivity index (χ1n) is 9.07. The van der Waals surface area contributed by atoms with E-state index in [0.717, 1.165) is 35.8 Å². The molecule has 3 rings (SSSR count). The summed E-state index contributed by atoms with van der Waals surface area (Å²) in [5.74, 6) is -1.01. The van der Waals surface area contributed by atoms with Gasteiger partial charge in [-0.2, -0.15) is 5.10 Å². The number of halogens is 2. The number of hydrogen-bond donors (Lipinski definition) is 2. The zero-order chi connectivity index (χ0) is 20.3. The molecule has 1 aliphatic heterocycles. The number of carbonyl (C=O) groups is 2. The Balaban J connectivity index is 1.62. The van der Waals surface area contributed by atoms with Crippen molar-refractivity contribution >= 4 is 17.5 Å². The summed E-state index contributed by atoms with van der Waals surface area (Å²) in [7, 11) is 1.37. The number of nitrogens with zero attached hydrogens (tertiary/aromatic N) is 3. The van der Waals surface area contributed by atoms with E-state index in [1.165, 1.54) is 7.05 Å². The molecule has 3 N–H and O–H groups in total. The predicted molar refractivity (Wildman–Crippen MR) is 99.8 cm³/mol. The summed E-state index contributed by atoms with van der Waals surface area (Å²) in [5.41, 5.74) is 6.38. The molecule has 9 heteroatoms. The zero-order valence-electron chi connectivity index (χ0n) is 15.6. The molecule has 1 atom stereocenters. The minimum absolute atomic E-state index is 0.115. The first kappa shape index (κ1) is 19.9. The van der Waals surface area contributed by atoms with Crippen LogP contribution in [0.2, 0.25) is 0 Å². The van der Waals surface area contributed by atoms with Crippen molar-refractivity contribution in [2.75, 3.05) is 18.4 Å². The molecule has 0 spiro atoms. The molecule has 0 bridgehead atoms. The van der Waals surface area contributed by atoms with E-state index < -0.39 is 18.0 Å². The predicted octanol–water partition coefficient (Wildman–Crippen LogP) is 2.31. The van der Waals surface area contributed by atoms with Crippen LogP contribution in [0, 0.1) is 5.92 Å². The lowest BCUT2D eigenvalue weighted by molar-refractivity contribution is -0.123. The smallest absolute Gasteiger partial charge is 0.280 e. The molecule has 28 heavy (non-hydrogen) atoms. The highest BCUT2D eigenvalue weighted by molar-refractivity contribution is 6.05. The molecule has 2 amide bonds. The van der Waals surface area contributed by atoms with Crippen LogP contribution >= 0.6 is 0 Å². The van der Waals surface area contributed by atoms with Crippen LogP contribution in [0.25, 0.3) is 0 Å². The number of nitrogens with one attached hydrogen (secondary N) is 1. The fourth-order valence-electron chi connectivity index (χ4n) is 3.46. The lowest BCUT2D eigenvalue weighted by Crippen LogP contribution is -2.40. The van der Waals surface area contributed by atoms with Gasteiger partial charge >= 0.3 is 0 Å². The molecule has 1 saturated heterocycles. The van der Waals surface area contributed by atoms with Gasteiger partial charge in [0, 0.05) is 25.8 Å². The molecule has 1 aliphatic rings. The van der Waals surface area contributed by atoms with Crippen molar-refractivity contribution < 1.29 is 18.4 Å². The van der Waals surface area contributed by atoms with Crippen molar-refractivity contribution in [3.8, 4) is 0 Å². The Bertz CT molecular complexity index is 851. The van der Waals surface area contributed by atoms with Crippen LogP contribution in [0.3, 0.4) is 0 Å². The fraction of sp³-hybridized carbons (Fsp3) is 0.421. The number of aromatic nitrogens is 2. The molecule has 1 aromatic carbocycles. The van der Waals surface area contributed by atoms with E-state index in [4.69, 9.17) is 5.73 Å². The molecule has 0 radical (unpaired) electrons. The highest BCUT2D eigenvalue weighted by Crippen LogP contribution is 2.23. The highest BCUT2D eigenvalue weighted by atomic mass is 19.3. The number of rotatable bonds is 6. The second kappa shape index (κ2) is 8.47. The standard InChI is InChI=1S/C19H23F2N5O2/c1-25-16(17(20)21)15(9-23-25)19(28)24-14-6-4-12(5-7-14)10-26-8-2-3-13(11-26)18(22)27/h4-7,9,13,17H,2-3,8,10-11H2,1H3,(H2,22,27)(H,24,28). The number of likely N-dealkylation sites (tertiary alicyclic amines) is 1. The summed E-state index contributed by atoms with van der Waals surface area (Å²) in [6.45, 7) is 2.22. The molecule has 1 aromatic heterocycles. The Morgan fingerprint density at radius 2 is 2.04 bits per heavy atom. The van der Waals surface area contributed by atoms with Gasteiger partial charge < -0.3 is 11.1 Å². The lowest BCUT2D eigenvalue weighted by atomic mass is 9.97. The molecule has 0 saturated carbocycles. The fourth-order valence-corrected chi connectivity index (χ4v) is 3.46. The molecule has 7 nitrogen and oxygen atoms in total. The zero-order valence-corrected chi connectivity index (χ0v) is 15.6. The number of aryl methyl sites for hydroxylation is 1. The van der Waals surface area contributed by atoms with Crippen molar-refractivity contribution in [2.45, 2.75) is 25.8 Å². The summed E-state index contributed by atoms with van der Waals surface area (Å²) in [5, 5.41) is 6.35. The van der Waals surface area contributed by atoms with Crippen molar-refractivity contribution in [3.63, 3.8) is 0 Å². The van der Waals surface area contributed by atoms with E-state index in [1.807, 2.05) is 12.1 Å². The third-order valence-corrected chi connectivity index (χ3v) is 4.96. The van der Waals surface area contributed by atoms with Gasteiger partial charge in [0.15, 0.2) is 0 Å². The maximum atomic E-state index is 13.1. The van der Waals surface area contributed by atoms with Gasteiger partial charge in [-0.15, -0.1) is 0 Å². The number of anilines is 1. The Morgan fingerprint density at radius 1 is 1.32 bits per heavy atom. The normalized spacial score (nSPS) is 17.6. The maximum Gasteiger partial charge on any atom is 0.280 e. The number of primary amides is 1. The van der Waals surface area contributed by atoms with Crippen LogP contribution in [0.15, 0.2) is 30.5 Å². The van der Waals surface area contributed by atoms with Gasteiger partial charge in [0.05, 0.1) is 17.7 Å². The van der Waals surface area contributed by atoms with E-state index >= 15 is 0 Å². The van der Waals surface area contributed by atoms with E-state index in [-0.39, 0.29) is 17.4 Å². The van der Waals surface area contributed by atoms with Gasteiger partial charge in [-0.05, 0) is 37.1 Å². The molecule has 1 unspecified atom stereocenters. The summed E-state index contributed by atoms with van der Waals surface area (Å²) in [6, 6.07) is 7.17. The molecule has 2 aromatic rings. The monoisotopic (exact) mass is 391 g/mol. The van der Waals surface area contributed by atoms with Crippen LogP contribution in [0.5, 0.6) is 0 Å². The molecular weight excluding hydrogens is 368 g/mol. The van der Waals surface area contributed by atoms with E-state index in [2.05, 4.69) is 15.3 Å². The topological polar surface area (TPSA) is 93.2 Å². The van der Waals surface area contributed by atoms with Gasteiger partial charge in [-0.1, -0.05) is 12.1 Å². The largest absolute Gasteiger partial charge is 0.369 e. The summed E-state index contributed by atoms with van der Waals surface area (Å²) in [4.78, 5) is 25.9. The minimum atomic E-state index is -2.79. The Kier molecular flexibility index (Phi) is 6.03. The average molecular weight is 391 g/mol. The quantitative estimate of drug-likeness (QED) is 0.790. The molecule has 0 aliphatic carbocycles. The van der Waals surface area contributed by atoms with Crippen molar-refractivity contribution in [3.05, 3.63) is 47.3 Å². The first-order valence-corrected chi connectivity index (χ1v) is 9.07. The number of nitrogens with two attached hydrogens (primary N) is 1. The van der Waals surface area contributed by atoms with Crippen molar-refractivity contribution in [2.24, 2.45) is 18.7 Å². The number of piperidine rings is 1. The van der Waals surface area contributed by atoms with Gasteiger partial charge in [-0.25, -0.2) is 8.78 Å². The molecular formula is C19H23F2N5O2. The van der Waals surface area contributed by atoms with Crippen molar-refractivity contribution in [1.29, 1.82) is 0 Å². The van der Waals surface area contributed by atoms with Gasteiger partial charge in [-0.3, -0.25) is 19.2 Å². The van der Waals surface area contributed by atoms with E-state index in [1.54, 1.807) is 12.1 Å². The van der Waals surface area contributed by atoms with E-state index in [0.29, 0.717) is 18.8 Å². The molecule has 2 heterocycles.